The molecule has 0 heterocycles. The van der Waals surface area contributed by atoms with Gasteiger partial charge in [0.25, 0.3) is 0 Å². The lowest BCUT2D eigenvalue weighted by Crippen LogP contribution is -2.33. The molecule has 10 heavy (non-hydrogen) atoms. The van der Waals surface area contributed by atoms with Gasteiger partial charge in [-0.05, 0) is 33.1 Å². The summed E-state index contributed by atoms with van der Waals surface area (Å²) in [5, 5.41) is 0. The maximum Gasteiger partial charge on any atom is 0.0729 e. The highest BCUT2D eigenvalue weighted by Gasteiger charge is 2.24. The highest BCUT2D eigenvalue weighted by Crippen LogP contribution is 2.21. The van der Waals surface area contributed by atoms with Gasteiger partial charge in [0.1, 0.15) is 0 Å². The number of hydrogen-bond donors (Lipinski definition) is 1. The van der Waals surface area contributed by atoms with Crippen LogP contribution in [-0.4, -0.2) is 18.2 Å². The van der Waals surface area contributed by atoms with Crippen LogP contribution in [0.25, 0.3) is 0 Å². The van der Waals surface area contributed by atoms with Crippen molar-refractivity contribution in [3.8, 4) is 0 Å². The van der Waals surface area contributed by atoms with Crippen molar-refractivity contribution in [2.45, 2.75) is 51.4 Å². The van der Waals surface area contributed by atoms with E-state index in [2.05, 4.69) is 13.8 Å². The molecule has 2 heteroatoms. The summed E-state index contributed by atoms with van der Waals surface area (Å²) in [6, 6.07) is 0.294. The molecule has 2 nitrogen and oxygen atoms in total. The van der Waals surface area contributed by atoms with E-state index in [0.717, 1.165) is 12.8 Å². The van der Waals surface area contributed by atoms with Gasteiger partial charge in [-0.25, -0.2) is 0 Å². The molecule has 1 aliphatic carbocycles. The standard InChI is InChI=1S/C8H17NO/c1-6(2)10-8-5-3-4-7(8)9/h6-8H,3-5,9H2,1-2H3/t7-,8-/m1/s1. The molecule has 60 valence electrons. The number of hydrogen-bond acceptors (Lipinski definition) is 2. The Morgan fingerprint density at radius 1 is 1.40 bits per heavy atom. The third-order valence-electron chi connectivity index (χ3n) is 1.95. The second-order valence-corrected chi connectivity index (χ2v) is 3.32. The molecule has 0 aromatic carbocycles. The molecule has 2 atom stereocenters. The van der Waals surface area contributed by atoms with E-state index >= 15 is 0 Å². The first kappa shape index (κ1) is 8.02. The van der Waals surface area contributed by atoms with Crippen LogP contribution < -0.4 is 5.73 Å². The van der Waals surface area contributed by atoms with Crippen molar-refractivity contribution in [1.82, 2.24) is 0 Å². The van der Waals surface area contributed by atoms with Gasteiger partial charge in [-0.2, -0.15) is 0 Å². The van der Waals surface area contributed by atoms with Crippen LogP contribution in [0.15, 0.2) is 0 Å². The van der Waals surface area contributed by atoms with E-state index in [0.29, 0.717) is 18.2 Å². The van der Waals surface area contributed by atoms with E-state index in [4.69, 9.17) is 10.5 Å². The monoisotopic (exact) mass is 143 g/mol. The fourth-order valence-corrected chi connectivity index (χ4v) is 1.47. The van der Waals surface area contributed by atoms with Gasteiger partial charge in [-0.3, -0.25) is 0 Å². The fraction of sp³-hybridized carbons (Fsp3) is 1.00. The molecule has 0 bridgehead atoms. The van der Waals surface area contributed by atoms with Crippen molar-refractivity contribution in [3.05, 3.63) is 0 Å². The van der Waals surface area contributed by atoms with Crippen LogP contribution in [0.2, 0.25) is 0 Å². The third kappa shape index (κ3) is 1.96. The van der Waals surface area contributed by atoms with Crippen LogP contribution >= 0.6 is 0 Å². The molecule has 0 unspecified atom stereocenters. The normalized spacial score (nSPS) is 33.6. The van der Waals surface area contributed by atoms with Crippen molar-refractivity contribution >= 4 is 0 Å². The zero-order valence-electron chi connectivity index (χ0n) is 6.84. The van der Waals surface area contributed by atoms with Crippen molar-refractivity contribution in [2.24, 2.45) is 5.73 Å². The molecule has 0 aliphatic heterocycles. The van der Waals surface area contributed by atoms with Crippen LogP contribution in [0.3, 0.4) is 0 Å². The van der Waals surface area contributed by atoms with Gasteiger partial charge in [-0.1, -0.05) is 0 Å². The fourth-order valence-electron chi connectivity index (χ4n) is 1.47. The second kappa shape index (κ2) is 3.35. The molecular weight excluding hydrogens is 126 g/mol. The molecule has 0 spiro atoms. The molecule has 2 N–H and O–H groups in total. The maximum atomic E-state index is 5.80. The Hall–Kier alpha value is -0.0800. The summed E-state index contributed by atoms with van der Waals surface area (Å²) in [4.78, 5) is 0. The Morgan fingerprint density at radius 2 is 2.10 bits per heavy atom. The van der Waals surface area contributed by atoms with Crippen LogP contribution in [0.1, 0.15) is 33.1 Å². The lowest BCUT2D eigenvalue weighted by atomic mass is 10.2. The van der Waals surface area contributed by atoms with E-state index < -0.39 is 0 Å². The van der Waals surface area contributed by atoms with Gasteiger partial charge in [0.2, 0.25) is 0 Å². The first-order valence-electron chi connectivity index (χ1n) is 4.11. The van der Waals surface area contributed by atoms with Crippen LogP contribution in [0.4, 0.5) is 0 Å². The summed E-state index contributed by atoms with van der Waals surface area (Å²) in [6.07, 6.45) is 4.18. The quantitative estimate of drug-likeness (QED) is 0.632. The Bertz CT molecular complexity index is 103. The zero-order valence-corrected chi connectivity index (χ0v) is 6.84. The van der Waals surface area contributed by atoms with Gasteiger partial charge >= 0.3 is 0 Å². The summed E-state index contributed by atoms with van der Waals surface area (Å²) in [5.74, 6) is 0. The lowest BCUT2D eigenvalue weighted by Gasteiger charge is -2.18. The number of nitrogens with two attached hydrogens (primary N) is 1. The summed E-state index contributed by atoms with van der Waals surface area (Å²) in [7, 11) is 0. The van der Waals surface area contributed by atoms with Crippen molar-refractivity contribution in [2.75, 3.05) is 0 Å². The second-order valence-electron chi connectivity index (χ2n) is 3.32. The molecule has 0 radical (unpaired) electrons. The predicted octanol–water partition coefficient (Wildman–Crippen LogP) is 1.29. The molecule has 0 aromatic rings. The number of ether oxygens (including phenoxy) is 1. The van der Waals surface area contributed by atoms with Crippen LogP contribution in [0.5, 0.6) is 0 Å². The topological polar surface area (TPSA) is 35.2 Å². The molecule has 1 saturated carbocycles. The first-order chi connectivity index (χ1) is 4.70. The summed E-state index contributed by atoms with van der Waals surface area (Å²) in [5.41, 5.74) is 5.80. The minimum absolute atomic E-state index is 0.294. The minimum Gasteiger partial charge on any atom is -0.374 e. The average molecular weight is 143 g/mol. The zero-order chi connectivity index (χ0) is 7.56. The molecular formula is C8H17NO. The summed E-state index contributed by atoms with van der Waals surface area (Å²) < 4.78 is 5.60. The van der Waals surface area contributed by atoms with Crippen LogP contribution in [0, 0.1) is 0 Å². The smallest absolute Gasteiger partial charge is 0.0729 e. The first-order valence-corrected chi connectivity index (χ1v) is 4.11. The molecule has 1 fully saturated rings. The molecule has 1 rings (SSSR count). The van der Waals surface area contributed by atoms with Gasteiger partial charge in [0.05, 0.1) is 12.2 Å². The molecule has 0 saturated heterocycles. The summed E-state index contributed by atoms with van der Waals surface area (Å²) >= 11 is 0. The summed E-state index contributed by atoms with van der Waals surface area (Å²) in [6.45, 7) is 4.12. The highest BCUT2D eigenvalue weighted by molar-refractivity contribution is 4.81. The molecule has 1 aliphatic rings. The lowest BCUT2D eigenvalue weighted by molar-refractivity contribution is 0.00410. The Balaban J connectivity index is 2.26. The third-order valence-corrected chi connectivity index (χ3v) is 1.95. The molecule has 0 amide bonds. The molecule has 0 aromatic heterocycles. The van der Waals surface area contributed by atoms with Crippen molar-refractivity contribution < 1.29 is 4.74 Å². The highest BCUT2D eigenvalue weighted by atomic mass is 16.5. The van der Waals surface area contributed by atoms with E-state index in [-0.39, 0.29) is 0 Å². The number of rotatable bonds is 2. The largest absolute Gasteiger partial charge is 0.374 e. The Morgan fingerprint density at radius 3 is 2.50 bits per heavy atom. The van der Waals surface area contributed by atoms with E-state index in [9.17, 15) is 0 Å². The van der Waals surface area contributed by atoms with E-state index in [1.165, 1.54) is 6.42 Å². The Kier molecular flexibility index (Phi) is 2.69. The van der Waals surface area contributed by atoms with Gasteiger partial charge in [0.15, 0.2) is 0 Å². The minimum atomic E-state index is 0.294. The van der Waals surface area contributed by atoms with E-state index in [1.54, 1.807) is 0 Å². The van der Waals surface area contributed by atoms with E-state index in [1.807, 2.05) is 0 Å². The van der Waals surface area contributed by atoms with Gasteiger partial charge < -0.3 is 10.5 Å². The average Bonchev–Trinajstić information content (AvgIpc) is 2.15. The van der Waals surface area contributed by atoms with Crippen LogP contribution in [-0.2, 0) is 4.74 Å². The van der Waals surface area contributed by atoms with Crippen molar-refractivity contribution in [1.29, 1.82) is 0 Å². The maximum absolute atomic E-state index is 5.80. The Labute approximate surface area is 62.7 Å². The van der Waals surface area contributed by atoms with Gasteiger partial charge in [0, 0.05) is 6.04 Å². The van der Waals surface area contributed by atoms with Crippen molar-refractivity contribution in [3.63, 3.8) is 0 Å². The van der Waals surface area contributed by atoms with Gasteiger partial charge in [-0.15, -0.1) is 0 Å². The predicted molar refractivity (Wildman–Crippen MR) is 41.8 cm³/mol. The SMILES string of the molecule is CC(C)O[C@@H]1CCC[C@H]1N.